The predicted octanol–water partition coefficient (Wildman–Crippen LogP) is 11.8. The molecule has 0 aliphatic heterocycles. The molecule has 0 aromatic carbocycles. The molecule has 0 radical (unpaired) electrons. The van der Waals surface area contributed by atoms with Gasteiger partial charge in [0.25, 0.3) is 0 Å². The van der Waals surface area contributed by atoms with E-state index in [2.05, 4.69) is 0 Å². The lowest BCUT2D eigenvalue weighted by atomic mass is 9.85. The number of alkyl halides is 38. The normalized spacial score (nSPS) is 18.3. The number of hydrogen-bond donors (Lipinski definition) is 0. The second kappa shape index (κ2) is 13.3. The van der Waals surface area contributed by atoms with Gasteiger partial charge in [-0.05, 0) is 0 Å². The monoisotopic (exact) mass is 1000 g/mol. The summed E-state index contributed by atoms with van der Waals surface area (Å²) in [6.07, 6.45) is -17.0. The third-order valence-electron chi connectivity index (χ3n) is 6.94. The van der Waals surface area contributed by atoms with Crippen LogP contribution in [-0.4, -0.2) is 107 Å². The van der Waals surface area contributed by atoms with Crippen LogP contribution in [0.25, 0.3) is 0 Å². The molecule has 0 fully saturated rings. The maximum atomic E-state index is 14.0. The van der Waals surface area contributed by atoms with Gasteiger partial charge in [0.05, 0.1) is 0 Å². The Hall–Kier alpha value is -2.47. The molecule has 2 nitrogen and oxygen atoms in total. The number of hydrogen-bond acceptors (Lipinski definition) is 2. The summed E-state index contributed by atoms with van der Waals surface area (Å²) in [4.78, 5) is 11.2. The summed E-state index contributed by atoms with van der Waals surface area (Å²) in [5.74, 6) is -139. The van der Waals surface area contributed by atoms with Crippen LogP contribution in [0.2, 0.25) is 0 Å². The largest absolute Gasteiger partial charge is 0.791 e. The average Bonchev–Trinajstić information content (AvgIpc) is 2.98. The maximum absolute atomic E-state index is 14.0. The molecule has 0 aliphatic rings. The van der Waals surface area contributed by atoms with Crippen molar-refractivity contribution >= 4 is 7.37 Å². The van der Waals surface area contributed by atoms with Crippen LogP contribution in [0.4, 0.5) is 167 Å². The van der Waals surface area contributed by atoms with Gasteiger partial charge in [-0.15, -0.1) is 0 Å². The predicted molar refractivity (Wildman–Crippen MR) is 98.9 cm³/mol. The van der Waals surface area contributed by atoms with Crippen molar-refractivity contribution in [2.75, 3.05) is 0 Å². The van der Waals surface area contributed by atoms with E-state index in [1.807, 2.05) is 0 Å². The highest BCUT2D eigenvalue weighted by molar-refractivity contribution is 7.59. The molecule has 0 saturated carbocycles. The molecule has 0 aromatic heterocycles. The molecular weight excluding hydrogens is 1000 g/mol. The minimum absolute atomic E-state index is 8.46. The fourth-order valence-electron chi connectivity index (χ4n) is 3.25. The second-order valence-electron chi connectivity index (χ2n) is 10.7. The fourth-order valence-corrected chi connectivity index (χ4v) is 4.62. The molecule has 59 heavy (non-hydrogen) atoms. The third kappa shape index (κ3) is 6.25. The Morgan fingerprint density at radius 2 is 0.305 bits per heavy atom. The van der Waals surface area contributed by atoms with Crippen molar-refractivity contribution < 1.29 is 176 Å². The Balaban J connectivity index is 7.93. The quantitative estimate of drug-likeness (QED) is 0.114. The van der Waals surface area contributed by atoms with Gasteiger partial charge < -0.3 is 9.46 Å². The van der Waals surface area contributed by atoms with Crippen molar-refractivity contribution in [2.24, 2.45) is 0 Å². The van der Waals surface area contributed by atoms with E-state index in [0.29, 0.717) is 0 Å². The Morgan fingerprint density at radius 3 is 0.424 bits per heavy atom. The zero-order chi connectivity index (χ0) is 49.5. The fraction of sp³-hybridized carbons (Fsp3) is 1.00. The maximum Gasteiger partial charge on any atom is 0.460 e. The molecule has 0 spiro atoms. The van der Waals surface area contributed by atoms with Gasteiger partial charge in [-0.3, -0.25) is 0 Å². The van der Waals surface area contributed by atoms with Gasteiger partial charge in [-0.1, -0.05) is 0 Å². The summed E-state index contributed by atoms with van der Waals surface area (Å²) in [5.41, 5.74) is -20.1. The molecular formula is C18F38O2P-. The van der Waals surface area contributed by atoms with E-state index in [1.54, 1.807) is 0 Å². The molecule has 1 unspecified atom stereocenters. The summed E-state index contributed by atoms with van der Waals surface area (Å²) < 4.78 is 518. The van der Waals surface area contributed by atoms with Gasteiger partial charge in [-0.25, -0.2) is 0 Å². The number of rotatable bonds is 16. The van der Waals surface area contributed by atoms with Gasteiger partial charge >= 0.3 is 107 Å². The minimum Gasteiger partial charge on any atom is -0.791 e. The Labute approximate surface area is 291 Å². The summed E-state index contributed by atoms with van der Waals surface area (Å²) in [7, 11) is -11.6. The van der Waals surface area contributed by atoms with E-state index in [-0.39, 0.29) is 0 Å². The molecule has 0 aromatic rings. The highest BCUT2D eigenvalue weighted by atomic mass is 31.2. The second-order valence-corrected chi connectivity index (χ2v) is 12.9. The Morgan fingerprint density at radius 1 is 0.203 bits per heavy atom. The third-order valence-corrected chi connectivity index (χ3v) is 8.98. The van der Waals surface area contributed by atoms with E-state index in [1.165, 1.54) is 0 Å². The Kier molecular flexibility index (Phi) is 12.7. The van der Waals surface area contributed by atoms with E-state index < -0.39 is 114 Å². The summed E-state index contributed by atoms with van der Waals surface area (Å²) in [6.45, 7) is 0. The average molecular weight is 1000 g/mol. The summed E-state index contributed by atoms with van der Waals surface area (Å²) in [5, 5.41) is 0. The summed E-state index contributed by atoms with van der Waals surface area (Å²) >= 11 is 0. The summed E-state index contributed by atoms with van der Waals surface area (Å²) in [6, 6.07) is 0. The lowest BCUT2D eigenvalue weighted by Crippen LogP contribution is -2.78. The molecule has 0 aliphatic carbocycles. The van der Waals surface area contributed by atoms with E-state index in [0.717, 1.165) is 0 Å². The highest BCUT2D eigenvalue weighted by Crippen LogP contribution is 2.78. The first kappa shape index (κ1) is 56.5. The van der Waals surface area contributed by atoms with E-state index in [9.17, 15) is 176 Å². The van der Waals surface area contributed by atoms with Crippen LogP contribution < -0.4 is 4.89 Å². The van der Waals surface area contributed by atoms with Crippen LogP contribution in [0, 0.1) is 0 Å². The van der Waals surface area contributed by atoms with Crippen molar-refractivity contribution in [3.05, 3.63) is 0 Å². The van der Waals surface area contributed by atoms with Gasteiger partial charge in [0, 0.05) is 0 Å². The standard InChI is InChI=1S/C18HF38O2P/c19-1(20,3(23,24)5(27,28)7(31,32)11(39,40)15(47,48)49)2(21,22)4(25,26)6(29,30)9(35,36)13(43,44)17(53,54)59(57,58)18(55,56)14(45,46)10(37,38)8(33,34)12(41,42)16(50,51)52/h(H,57,58)/p-1. The zero-order valence-electron chi connectivity index (χ0n) is 24.6. The molecule has 1 atom stereocenters. The smallest absolute Gasteiger partial charge is 0.460 e. The van der Waals surface area contributed by atoms with Gasteiger partial charge in [-0.2, -0.15) is 167 Å². The zero-order valence-corrected chi connectivity index (χ0v) is 25.5. The van der Waals surface area contributed by atoms with Crippen LogP contribution in [0.5, 0.6) is 0 Å². The van der Waals surface area contributed by atoms with Gasteiger partial charge in [0.15, 0.2) is 7.37 Å². The van der Waals surface area contributed by atoms with Crippen LogP contribution in [-0.2, 0) is 4.57 Å². The molecule has 0 amide bonds. The van der Waals surface area contributed by atoms with Crippen LogP contribution >= 0.6 is 7.37 Å². The minimum atomic E-state index is -11.6. The molecule has 356 valence electrons. The van der Waals surface area contributed by atoms with Crippen molar-refractivity contribution in [2.45, 2.75) is 107 Å². The van der Waals surface area contributed by atoms with Gasteiger partial charge in [0.2, 0.25) is 0 Å². The first-order valence-electron chi connectivity index (χ1n) is 12.0. The Bertz CT molecular complexity index is 1610. The lowest BCUT2D eigenvalue weighted by Gasteiger charge is -2.49. The van der Waals surface area contributed by atoms with Crippen molar-refractivity contribution in [3.63, 3.8) is 0 Å². The molecule has 0 saturated heterocycles. The van der Waals surface area contributed by atoms with Crippen molar-refractivity contribution in [1.29, 1.82) is 0 Å². The lowest BCUT2D eigenvalue weighted by molar-refractivity contribution is -0.481. The van der Waals surface area contributed by atoms with Crippen LogP contribution in [0.15, 0.2) is 0 Å². The molecule has 0 heterocycles. The topological polar surface area (TPSA) is 40.1 Å². The van der Waals surface area contributed by atoms with Crippen molar-refractivity contribution in [1.82, 2.24) is 0 Å². The van der Waals surface area contributed by atoms with E-state index in [4.69, 9.17) is 0 Å². The SMILES string of the molecule is O=P([O-])(C(F)(F)C(F)(F)C(F)(F)C(F)(F)C(F)(F)C(F)(F)F)C(F)(F)C(F)(F)C(F)(F)C(F)(F)C(F)(F)C(F)(F)C(F)(F)C(F)(F)C(F)(F)C(F)(F)C(F)(F)C(F)(F)F. The number of halogens is 38. The van der Waals surface area contributed by atoms with Gasteiger partial charge in [0.1, 0.15) is 0 Å². The van der Waals surface area contributed by atoms with Crippen LogP contribution in [0.3, 0.4) is 0 Å². The first-order chi connectivity index (χ1) is 24.5. The molecule has 0 rings (SSSR count). The van der Waals surface area contributed by atoms with E-state index >= 15 is 0 Å². The van der Waals surface area contributed by atoms with Crippen molar-refractivity contribution in [3.8, 4) is 0 Å². The molecule has 41 heteroatoms. The van der Waals surface area contributed by atoms with Crippen LogP contribution in [0.1, 0.15) is 0 Å². The first-order valence-corrected chi connectivity index (χ1v) is 13.6. The molecule has 0 N–H and O–H groups in total. The molecule has 0 bridgehead atoms. The highest BCUT2D eigenvalue weighted by Gasteiger charge is 3.01.